The first kappa shape index (κ1) is 47.7. The first-order valence-corrected chi connectivity index (χ1v) is 21.2. The number of nitrogens with zero attached hydrogens (tertiary/aromatic N) is 1. The van der Waals surface area contributed by atoms with Crippen LogP contribution in [0.3, 0.4) is 0 Å². The Balaban J connectivity index is 4.15. The fourth-order valence-electron chi connectivity index (χ4n) is 5.09. The van der Waals surface area contributed by atoms with Gasteiger partial charge in [0.2, 0.25) is 0 Å². The Morgan fingerprint density at radius 1 is 0.633 bits per heavy atom. The molecule has 2 atom stereocenters. The number of allylic oxidation sites excluding steroid dienone is 6. The first-order chi connectivity index (χ1) is 23.6. The zero-order chi connectivity index (χ0) is 36.3. The van der Waals surface area contributed by atoms with Crippen LogP contribution in [-0.4, -0.2) is 75.6 Å². The van der Waals surface area contributed by atoms with Gasteiger partial charge in [-0.3, -0.25) is 13.8 Å². The zero-order valence-electron chi connectivity index (χ0n) is 32.4. The average molecular weight is 715 g/mol. The van der Waals surface area contributed by atoms with Crippen LogP contribution < -0.4 is 0 Å². The molecule has 2 unspecified atom stereocenters. The molecule has 0 aromatic rings. The highest BCUT2D eigenvalue weighted by Gasteiger charge is 2.26. The minimum absolute atomic E-state index is 0.0855. The second kappa shape index (κ2) is 33.8. The Kier molecular flexibility index (Phi) is 33.0. The van der Waals surface area contributed by atoms with E-state index in [1.54, 1.807) is 0 Å². The van der Waals surface area contributed by atoms with Gasteiger partial charge in [0.15, 0.2) is 0 Å². The van der Waals surface area contributed by atoms with Gasteiger partial charge in [-0.25, -0.2) is 4.57 Å². The van der Waals surface area contributed by atoms with E-state index in [0.29, 0.717) is 24.1 Å². The predicted molar refractivity (Wildman–Crippen MR) is 206 cm³/mol. The number of hydrogen-bond acceptors (Lipinski definition) is 6. The summed E-state index contributed by atoms with van der Waals surface area (Å²) >= 11 is 0. The van der Waals surface area contributed by atoms with Crippen LogP contribution in [0.4, 0.5) is 0 Å². The van der Waals surface area contributed by atoms with Crippen molar-refractivity contribution < 1.29 is 37.3 Å². The molecule has 1 N–H and O–H groups in total. The molecule has 0 aromatic carbocycles. The van der Waals surface area contributed by atoms with E-state index >= 15 is 0 Å². The maximum atomic E-state index is 12.6. The molecular weight excluding hydrogens is 637 g/mol. The van der Waals surface area contributed by atoms with Crippen molar-refractivity contribution in [1.29, 1.82) is 0 Å². The van der Waals surface area contributed by atoms with E-state index < -0.39 is 13.9 Å². The molecular formula is C40H77NO7P+. The smallest absolute Gasteiger partial charge is 0.457 e. The molecule has 0 fully saturated rings. The van der Waals surface area contributed by atoms with Crippen molar-refractivity contribution in [2.24, 2.45) is 0 Å². The largest absolute Gasteiger partial charge is 0.472 e. The molecule has 0 saturated carbocycles. The van der Waals surface area contributed by atoms with E-state index in [1.807, 2.05) is 21.1 Å². The Labute approximate surface area is 302 Å². The molecule has 0 saturated heterocycles. The second-order valence-electron chi connectivity index (χ2n) is 14.3. The van der Waals surface area contributed by atoms with Crippen LogP contribution >= 0.6 is 7.82 Å². The van der Waals surface area contributed by atoms with Gasteiger partial charge >= 0.3 is 13.8 Å². The summed E-state index contributed by atoms with van der Waals surface area (Å²) in [5.74, 6) is -0.330. The lowest BCUT2D eigenvalue weighted by atomic mass is 10.1. The quantitative estimate of drug-likeness (QED) is 0.0227. The molecule has 0 aliphatic carbocycles. The third-order valence-electron chi connectivity index (χ3n) is 8.20. The number of quaternary nitrogens is 1. The van der Waals surface area contributed by atoms with Gasteiger partial charge in [0.1, 0.15) is 19.3 Å². The summed E-state index contributed by atoms with van der Waals surface area (Å²) in [6, 6.07) is 0. The van der Waals surface area contributed by atoms with Gasteiger partial charge in [-0.15, -0.1) is 0 Å². The molecule has 0 aliphatic rings. The third-order valence-corrected chi connectivity index (χ3v) is 9.19. The molecule has 288 valence electrons. The number of phosphoric acid groups is 1. The third kappa shape index (κ3) is 37.8. The summed E-state index contributed by atoms with van der Waals surface area (Å²) in [5, 5.41) is 0. The summed E-state index contributed by atoms with van der Waals surface area (Å²) in [4.78, 5) is 22.7. The van der Waals surface area contributed by atoms with Crippen molar-refractivity contribution in [3.05, 3.63) is 36.5 Å². The number of carbonyl (C=O) groups excluding carboxylic acids is 1. The molecule has 0 spiro atoms. The number of hydrogen-bond donors (Lipinski definition) is 1. The van der Waals surface area contributed by atoms with E-state index in [2.05, 4.69) is 50.3 Å². The fraction of sp³-hybridized carbons (Fsp3) is 0.825. The zero-order valence-corrected chi connectivity index (χ0v) is 33.3. The highest BCUT2D eigenvalue weighted by atomic mass is 31.2. The van der Waals surface area contributed by atoms with Gasteiger partial charge in [-0.05, 0) is 51.4 Å². The topological polar surface area (TPSA) is 91.3 Å². The number of rotatable bonds is 36. The lowest BCUT2D eigenvalue weighted by molar-refractivity contribution is -0.870. The van der Waals surface area contributed by atoms with E-state index in [1.165, 1.54) is 77.0 Å². The van der Waals surface area contributed by atoms with Crippen molar-refractivity contribution in [1.82, 2.24) is 0 Å². The second-order valence-corrected chi connectivity index (χ2v) is 15.8. The molecule has 0 rings (SSSR count). The molecule has 0 aromatic heterocycles. The SMILES string of the molecule is CCCCCCC/C=C\C/C=C\C/C=C\CCCCCCCCC(=O)OC(COCCCCCCCC)COP(=O)(O)OCC[N+](C)(C)C. The minimum atomic E-state index is -4.26. The fourth-order valence-corrected chi connectivity index (χ4v) is 5.83. The molecule has 0 amide bonds. The van der Waals surface area contributed by atoms with Crippen molar-refractivity contribution in [3.8, 4) is 0 Å². The molecule has 8 nitrogen and oxygen atoms in total. The van der Waals surface area contributed by atoms with Crippen LogP contribution in [0.5, 0.6) is 0 Å². The molecule has 0 radical (unpaired) electrons. The normalized spacial score (nSPS) is 14.3. The number of ether oxygens (including phenoxy) is 2. The molecule has 9 heteroatoms. The van der Waals surface area contributed by atoms with Crippen LogP contribution in [0.1, 0.15) is 155 Å². The molecule has 49 heavy (non-hydrogen) atoms. The van der Waals surface area contributed by atoms with Crippen molar-refractivity contribution in [2.45, 2.75) is 161 Å². The summed E-state index contributed by atoms with van der Waals surface area (Å²) in [7, 11) is 1.65. The van der Waals surface area contributed by atoms with E-state index in [-0.39, 0.29) is 25.8 Å². The number of carbonyl (C=O) groups is 1. The Morgan fingerprint density at radius 2 is 1.12 bits per heavy atom. The van der Waals surface area contributed by atoms with E-state index in [0.717, 1.165) is 57.8 Å². The minimum Gasteiger partial charge on any atom is -0.457 e. The Bertz CT molecular complexity index is 884. The Hall–Kier alpha value is -1.28. The highest BCUT2D eigenvalue weighted by Crippen LogP contribution is 2.43. The maximum Gasteiger partial charge on any atom is 0.472 e. The maximum absolute atomic E-state index is 12.6. The van der Waals surface area contributed by atoms with Crippen LogP contribution in [0.25, 0.3) is 0 Å². The van der Waals surface area contributed by atoms with Gasteiger partial charge in [0.05, 0.1) is 34.4 Å². The lowest BCUT2D eigenvalue weighted by Gasteiger charge is -2.24. The summed E-state index contributed by atoms with van der Waals surface area (Å²) in [5.41, 5.74) is 0. The van der Waals surface area contributed by atoms with Crippen molar-refractivity contribution >= 4 is 13.8 Å². The van der Waals surface area contributed by atoms with Crippen molar-refractivity contribution in [3.63, 3.8) is 0 Å². The number of esters is 1. The molecule has 0 heterocycles. The number of unbranched alkanes of at least 4 members (excludes halogenated alkanes) is 16. The Morgan fingerprint density at radius 3 is 1.67 bits per heavy atom. The summed E-state index contributed by atoms with van der Waals surface area (Å²) in [6.45, 7) is 5.53. The summed E-state index contributed by atoms with van der Waals surface area (Å²) < 4.78 is 34.7. The highest BCUT2D eigenvalue weighted by molar-refractivity contribution is 7.47. The summed E-state index contributed by atoms with van der Waals surface area (Å²) in [6.07, 6.45) is 37.6. The van der Waals surface area contributed by atoms with Crippen LogP contribution in [0, 0.1) is 0 Å². The lowest BCUT2D eigenvalue weighted by Crippen LogP contribution is -2.37. The van der Waals surface area contributed by atoms with Crippen LogP contribution in [0.2, 0.25) is 0 Å². The standard InChI is InChI=1S/C40H76NO7P/c1-6-8-10-12-14-15-16-17-18-19-20-21-22-23-24-25-26-27-28-29-31-33-40(42)48-39(37-45-35-32-30-13-11-9-7-2)38-47-49(43,44)46-36-34-41(3,4)5/h16-17,19-20,22-23,39H,6-15,18,21,24-38H2,1-5H3/p+1/b17-16-,20-19-,23-22-. The van der Waals surface area contributed by atoms with Gasteiger partial charge < -0.3 is 18.9 Å². The van der Waals surface area contributed by atoms with Gasteiger partial charge in [0, 0.05) is 13.0 Å². The van der Waals surface area contributed by atoms with Gasteiger partial charge in [0.25, 0.3) is 0 Å². The van der Waals surface area contributed by atoms with Crippen molar-refractivity contribution in [2.75, 3.05) is 54.1 Å². The van der Waals surface area contributed by atoms with E-state index in [4.69, 9.17) is 18.5 Å². The molecule has 0 bridgehead atoms. The average Bonchev–Trinajstić information content (AvgIpc) is 3.04. The number of phosphoric ester groups is 1. The monoisotopic (exact) mass is 715 g/mol. The van der Waals surface area contributed by atoms with Crippen LogP contribution in [0.15, 0.2) is 36.5 Å². The molecule has 0 aliphatic heterocycles. The number of likely N-dealkylation sites (N-methyl/N-ethyl adjacent to an activating group) is 1. The van der Waals surface area contributed by atoms with Crippen LogP contribution in [-0.2, 0) is 27.9 Å². The van der Waals surface area contributed by atoms with Gasteiger partial charge in [-0.2, -0.15) is 0 Å². The first-order valence-electron chi connectivity index (χ1n) is 19.7. The van der Waals surface area contributed by atoms with E-state index in [9.17, 15) is 14.3 Å². The van der Waals surface area contributed by atoms with Gasteiger partial charge in [-0.1, -0.05) is 134 Å². The predicted octanol–water partition coefficient (Wildman–Crippen LogP) is 11.0.